The molecule has 1 aliphatic rings. The largest absolute Gasteiger partial charge is 0.454 e. The molecule has 4 nitrogen and oxygen atoms in total. The predicted octanol–water partition coefficient (Wildman–Crippen LogP) is 3.89. The maximum Gasteiger partial charge on any atom is 0.231 e. The van der Waals surface area contributed by atoms with Gasteiger partial charge in [-0.2, -0.15) is 0 Å². The SMILES string of the molecule is c1csc(CNCc2csc(-c3ccc4c(c3)OCO4)n2)c1. The van der Waals surface area contributed by atoms with Gasteiger partial charge in [0.15, 0.2) is 11.5 Å². The summed E-state index contributed by atoms with van der Waals surface area (Å²) in [6.45, 7) is 1.96. The molecule has 0 aliphatic carbocycles. The van der Waals surface area contributed by atoms with E-state index in [1.165, 1.54) is 4.88 Å². The van der Waals surface area contributed by atoms with Crippen molar-refractivity contribution in [3.05, 3.63) is 51.7 Å². The number of rotatable bonds is 5. The zero-order valence-corrected chi connectivity index (χ0v) is 13.4. The zero-order valence-electron chi connectivity index (χ0n) is 11.7. The number of hydrogen-bond acceptors (Lipinski definition) is 6. The van der Waals surface area contributed by atoms with E-state index in [2.05, 4.69) is 33.2 Å². The van der Waals surface area contributed by atoms with E-state index in [1.54, 1.807) is 22.7 Å². The molecule has 22 heavy (non-hydrogen) atoms. The lowest BCUT2D eigenvalue weighted by Gasteiger charge is -2.00. The van der Waals surface area contributed by atoms with Crippen LogP contribution in [0.3, 0.4) is 0 Å². The van der Waals surface area contributed by atoms with Gasteiger partial charge in [-0.1, -0.05) is 6.07 Å². The van der Waals surface area contributed by atoms with Gasteiger partial charge in [-0.15, -0.1) is 22.7 Å². The summed E-state index contributed by atoms with van der Waals surface area (Å²) in [7, 11) is 0. The van der Waals surface area contributed by atoms with Crippen LogP contribution in [0.25, 0.3) is 10.6 Å². The van der Waals surface area contributed by atoms with Gasteiger partial charge < -0.3 is 14.8 Å². The molecular weight excluding hydrogens is 316 g/mol. The smallest absolute Gasteiger partial charge is 0.231 e. The van der Waals surface area contributed by atoms with Crippen LogP contribution < -0.4 is 14.8 Å². The number of nitrogens with zero attached hydrogens (tertiary/aromatic N) is 1. The van der Waals surface area contributed by atoms with E-state index >= 15 is 0 Å². The molecule has 0 spiro atoms. The van der Waals surface area contributed by atoms with Crippen molar-refractivity contribution in [1.82, 2.24) is 10.3 Å². The molecule has 1 N–H and O–H groups in total. The molecule has 0 atom stereocenters. The van der Waals surface area contributed by atoms with E-state index < -0.39 is 0 Å². The van der Waals surface area contributed by atoms with E-state index in [1.807, 2.05) is 18.2 Å². The summed E-state index contributed by atoms with van der Waals surface area (Å²) in [4.78, 5) is 6.03. The molecule has 1 aliphatic heterocycles. The first-order valence-corrected chi connectivity index (χ1v) is 8.72. The quantitative estimate of drug-likeness (QED) is 0.771. The highest BCUT2D eigenvalue weighted by molar-refractivity contribution is 7.13. The molecule has 6 heteroatoms. The van der Waals surface area contributed by atoms with Gasteiger partial charge >= 0.3 is 0 Å². The monoisotopic (exact) mass is 330 g/mol. The summed E-state index contributed by atoms with van der Waals surface area (Å²) in [5.74, 6) is 1.60. The van der Waals surface area contributed by atoms with E-state index in [-0.39, 0.29) is 0 Å². The van der Waals surface area contributed by atoms with E-state index in [9.17, 15) is 0 Å². The van der Waals surface area contributed by atoms with Gasteiger partial charge in [0.2, 0.25) is 6.79 Å². The lowest BCUT2D eigenvalue weighted by atomic mass is 10.2. The lowest BCUT2D eigenvalue weighted by Crippen LogP contribution is -2.11. The summed E-state index contributed by atoms with van der Waals surface area (Å²) in [6.07, 6.45) is 0. The van der Waals surface area contributed by atoms with Crippen molar-refractivity contribution in [3.8, 4) is 22.1 Å². The van der Waals surface area contributed by atoms with Crippen molar-refractivity contribution in [3.63, 3.8) is 0 Å². The third kappa shape index (κ3) is 2.85. The summed E-state index contributed by atoms with van der Waals surface area (Å²) >= 11 is 3.42. The minimum Gasteiger partial charge on any atom is -0.454 e. The molecule has 0 saturated carbocycles. The van der Waals surface area contributed by atoms with Crippen molar-refractivity contribution in [2.24, 2.45) is 0 Å². The fourth-order valence-electron chi connectivity index (χ4n) is 2.28. The molecule has 0 unspecified atom stereocenters. The van der Waals surface area contributed by atoms with Crippen LogP contribution in [0.1, 0.15) is 10.6 Å². The Bertz CT molecular complexity index is 768. The standard InChI is InChI=1S/C16H14N2O2S2/c1-2-13(21-5-1)8-17-7-12-9-22-16(18-12)11-3-4-14-15(6-11)20-10-19-14/h1-6,9,17H,7-8,10H2. The minimum absolute atomic E-state index is 0.300. The first-order chi connectivity index (χ1) is 10.9. The van der Waals surface area contributed by atoms with Crippen molar-refractivity contribution in [2.75, 3.05) is 6.79 Å². The van der Waals surface area contributed by atoms with Crippen molar-refractivity contribution in [2.45, 2.75) is 13.1 Å². The Morgan fingerprint density at radius 2 is 2.05 bits per heavy atom. The van der Waals surface area contributed by atoms with Crippen molar-refractivity contribution >= 4 is 22.7 Å². The Kier molecular flexibility index (Phi) is 3.80. The molecule has 4 rings (SSSR count). The fraction of sp³-hybridized carbons (Fsp3) is 0.188. The summed E-state index contributed by atoms with van der Waals surface area (Å²) in [5, 5.41) is 8.62. The third-order valence-electron chi connectivity index (χ3n) is 3.36. The average Bonchev–Trinajstić information content (AvgIpc) is 3.28. The molecule has 0 amide bonds. The number of fused-ring (bicyclic) bond motifs is 1. The number of nitrogens with one attached hydrogen (secondary N) is 1. The Morgan fingerprint density at radius 1 is 1.09 bits per heavy atom. The Balaban J connectivity index is 1.42. The number of aromatic nitrogens is 1. The third-order valence-corrected chi connectivity index (χ3v) is 5.17. The number of benzene rings is 1. The predicted molar refractivity (Wildman–Crippen MR) is 88.5 cm³/mol. The fourth-order valence-corrected chi connectivity index (χ4v) is 3.77. The lowest BCUT2D eigenvalue weighted by molar-refractivity contribution is 0.174. The molecule has 112 valence electrons. The highest BCUT2D eigenvalue weighted by Gasteiger charge is 2.15. The van der Waals surface area contributed by atoms with Crippen LogP contribution in [-0.2, 0) is 13.1 Å². The molecule has 0 bridgehead atoms. The maximum absolute atomic E-state index is 5.42. The van der Waals surface area contributed by atoms with E-state index in [0.29, 0.717) is 6.79 Å². The summed E-state index contributed by atoms with van der Waals surface area (Å²) < 4.78 is 10.8. The van der Waals surface area contributed by atoms with Gasteiger partial charge in [-0.3, -0.25) is 0 Å². The summed E-state index contributed by atoms with van der Waals surface area (Å²) in [5.41, 5.74) is 2.13. The second kappa shape index (κ2) is 6.08. The minimum atomic E-state index is 0.300. The number of ether oxygens (including phenoxy) is 2. The number of thiazole rings is 1. The van der Waals surface area contributed by atoms with Crippen LogP contribution in [0.15, 0.2) is 41.1 Å². The van der Waals surface area contributed by atoms with Crippen LogP contribution in [0.5, 0.6) is 11.5 Å². The molecule has 2 aromatic heterocycles. The van der Waals surface area contributed by atoms with Crippen LogP contribution in [-0.4, -0.2) is 11.8 Å². The van der Waals surface area contributed by atoms with Crippen LogP contribution in [0, 0.1) is 0 Å². The van der Waals surface area contributed by atoms with Crippen molar-refractivity contribution < 1.29 is 9.47 Å². The van der Waals surface area contributed by atoms with Gasteiger partial charge in [0.05, 0.1) is 5.69 Å². The van der Waals surface area contributed by atoms with Crippen LogP contribution >= 0.6 is 22.7 Å². The van der Waals surface area contributed by atoms with Gasteiger partial charge in [-0.05, 0) is 29.6 Å². The number of hydrogen-bond donors (Lipinski definition) is 1. The van der Waals surface area contributed by atoms with E-state index in [4.69, 9.17) is 9.47 Å². The molecule has 0 radical (unpaired) electrons. The molecule has 0 fully saturated rings. The van der Waals surface area contributed by atoms with Crippen molar-refractivity contribution in [1.29, 1.82) is 0 Å². The topological polar surface area (TPSA) is 43.4 Å². The zero-order chi connectivity index (χ0) is 14.8. The van der Waals surface area contributed by atoms with Crippen LogP contribution in [0.2, 0.25) is 0 Å². The van der Waals surface area contributed by atoms with Crippen LogP contribution in [0.4, 0.5) is 0 Å². The first-order valence-electron chi connectivity index (χ1n) is 6.96. The van der Waals surface area contributed by atoms with Gasteiger partial charge in [0.1, 0.15) is 5.01 Å². The Hall–Kier alpha value is -1.89. The second-order valence-electron chi connectivity index (χ2n) is 4.89. The first kappa shape index (κ1) is 13.8. The Labute approximate surface area is 136 Å². The molecule has 3 heterocycles. The highest BCUT2D eigenvalue weighted by atomic mass is 32.1. The molecule has 3 aromatic rings. The molecule has 0 saturated heterocycles. The highest BCUT2D eigenvalue weighted by Crippen LogP contribution is 2.36. The van der Waals surface area contributed by atoms with Gasteiger partial charge in [0.25, 0.3) is 0 Å². The van der Waals surface area contributed by atoms with Gasteiger partial charge in [0, 0.05) is 28.9 Å². The molecular formula is C16H14N2O2S2. The summed E-state index contributed by atoms with van der Waals surface area (Å²) in [6, 6.07) is 10.2. The maximum atomic E-state index is 5.42. The average molecular weight is 330 g/mol. The molecule has 1 aromatic carbocycles. The number of thiophene rings is 1. The van der Waals surface area contributed by atoms with E-state index in [0.717, 1.165) is 40.9 Å². The normalized spacial score (nSPS) is 12.7. The Morgan fingerprint density at radius 3 is 2.95 bits per heavy atom. The second-order valence-corrected chi connectivity index (χ2v) is 6.79. The van der Waals surface area contributed by atoms with Gasteiger partial charge in [-0.25, -0.2) is 4.98 Å².